The van der Waals surface area contributed by atoms with E-state index in [1.807, 2.05) is 6.92 Å². The van der Waals surface area contributed by atoms with Gasteiger partial charge in [0.05, 0.1) is 11.1 Å². The van der Waals surface area contributed by atoms with Crippen LogP contribution in [0.5, 0.6) is 0 Å². The summed E-state index contributed by atoms with van der Waals surface area (Å²) in [5.41, 5.74) is 0.548. The first-order chi connectivity index (χ1) is 9.56. The van der Waals surface area contributed by atoms with Crippen LogP contribution < -0.4 is 5.32 Å². The molecular formula is C14H12ClF3N2. The molecule has 6 heteroatoms. The zero-order chi connectivity index (χ0) is 14.7. The van der Waals surface area contributed by atoms with Crippen molar-refractivity contribution in [3.63, 3.8) is 0 Å². The van der Waals surface area contributed by atoms with Crippen LogP contribution in [0.25, 0.3) is 0 Å². The molecule has 0 bridgehead atoms. The van der Waals surface area contributed by atoms with E-state index in [-0.39, 0.29) is 5.56 Å². The van der Waals surface area contributed by atoms with E-state index in [2.05, 4.69) is 10.3 Å². The van der Waals surface area contributed by atoms with Gasteiger partial charge in [0.25, 0.3) is 0 Å². The third kappa shape index (κ3) is 2.78. The largest absolute Gasteiger partial charge is 0.306 e. The van der Waals surface area contributed by atoms with Crippen LogP contribution in [-0.2, 0) is 0 Å². The van der Waals surface area contributed by atoms with Crippen molar-refractivity contribution in [3.05, 3.63) is 64.2 Å². The number of benzene rings is 1. The summed E-state index contributed by atoms with van der Waals surface area (Å²) in [6.07, 6.45) is 2.92. The molecule has 0 saturated carbocycles. The van der Waals surface area contributed by atoms with Gasteiger partial charge in [-0.1, -0.05) is 24.6 Å². The average Bonchev–Trinajstić information content (AvgIpc) is 2.44. The minimum atomic E-state index is -1.49. The Hall–Kier alpha value is -1.59. The summed E-state index contributed by atoms with van der Waals surface area (Å²) in [6.45, 7) is 2.32. The minimum absolute atomic E-state index is 0.00106. The van der Waals surface area contributed by atoms with E-state index in [1.165, 1.54) is 18.5 Å². The number of pyridine rings is 1. The Balaban J connectivity index is 2.55. The molecule has 2 aromatic rings. The van der Waals surface area contributed by atoms with Crippen LogP contribution in [0.2, 0.25) is 5.02 Å². The van der Waals surface area contributed by atoms with E-state index in [0.717, 1.165) is 6.07 Å². The van der Waals surface area contributed by atoms with Crippen molar-refractivity contribution in [1.82, 2.24) is 10.3 Å². The van der Waals surface area contributed by atoms with Gasteiger partial charge in [0.15, 0.2) is 17.5 Å². The highest BCUT2D eigenvalue weighted by molar-refractivity contribution is 6.31. The highest BCUT2D eigenvalue weighted by Crippen LogP contribution is 2.30. The quantitative estimate of drug-likeness (QED) is 0.868. The monoisotopic (exact) mass is 300 g/mol. The number of halogens is 4. The van der Waals surface area contributed by atoms with Crippen molar-refractivity contribution >= 4 is 11.6 Å². The molecule has 1 aromatic heterocycles. The van der Waals surface area contributed by atoms with Gasteiger partial charge in [0.2, 0.25) is 0 Å². The van der Waals surface area contributed by atoms with Gasteiger partial charge in [0.1, 0.15) is 0 Å². The molecule has 0 saturated heterocycles. The SMILES string of the molecule is CCNC(c1ccncc1Cl)c1ccc(F)c(F)c1F. The third-order valence-corrected chi connectivity index (χ3v) is 3.21. The molecule has 0 amide bonds. The predicted octanol–water partition coefficient (Wildman–Crippen LogP) is 3.85. The summed E-state index contributed by atoms with van der Waals surface area (Å²) >= 11 is 6.04. The molecule has 0 radical (unpaired) electrons. The van der Waals surface area contributed by atoms with E-state index >= 15 is 0 Å². The normalized spacial score (nSPS) is 12.4. The van der Waals surface area contributed by atoms with Crippen LogP contribution in [0.1, 0.15) is 24.1 Å². The summed E-state index contributed by atoms with van der Waals surface area (Å²) in [7, 11) is 0. The van der Waals surface area contributed by atoms with E-state index in [9.17, 15) is 13.2 Å². The molecule has 2 rings (SSSR count). The average molecular weight is 301 g/mol. The molecule has 0 fully saturated rings. The first-order valence-corrected chi connectivity index (χ1v) is 6.40. The van der Waals surface area contributed by atoms with Crippen molar-refractivity contribution in [1.29, 1.82) is 0 Å². The Morgan fingerprint density at radius 2 is 1.90 bits per heavy atom. The Kier molecular flexibility index (Phi) is 4.62. The fourth-order valence-corrected chi connectivity index (χ4v) is 2.20. The van der Waals surface area contributed by atoms with Crippen LogP contribution in [0.4, 0.5) is 13.2 Å². The second-order valence-corrected chi connectivity index (χ2v) is 4.56. The molecule has 0 aliphatic heterocycles. The maximum Gasteiger partial charge on any atom is 0.194 e. The van der Waals surface area contributed by atoms with Gasteiger partial charge in [-0.3, -0.25) is 4.98 Å². The van der Waals surface area contributed by atoms with Crippen molar-refractivity contribution in [3.8, 4) is 0 Å². The van der Waals surface area contributed by atoms with Crippen LogP contribution in [-0.4, -0.2) is 11.5 Å². The number of nitrogens with zero attached hydrogens (tertiary/aromatic N) is 1. The van der Waals surface area contributed by atoms with Crippen LogP contribution in [0.3, 0.4) is 0 Å². The number of nitrogens with one attached hydrogen (secondary N) is 1. The molecular weight excluding hydrogens is 289 g/mol. The maximum absolute atomic E-state index is 13.9. The van der Waals surface area contributed by atoms with Gasteiger partial charge in [-0.2, -0.15) is 0 Å². The second-order valence-electron chi connectivity index (χ2n) is 4.15. The van der Waals surface area contributed by atoms with Crippen molar-refractivity contribution in [2.45, 2.75) is 13.0 Å². The Labute approximate surface area is 119 Å². The van der Waals surface area contributed by atoms with Crippen molar-refractivity contribution in [2.75, 3.05) is 6.54 Å². The molecule has 1 atom stereocenters. The Morgan fingerprint density at radius 1 is 1.15 bits per heavy atom. The molecule has 1 heterocycles. The Morgan fingerprint density at radius 3 is 2.55 bits per heavy atom. The number of aromatic nitrogens is 1. The lowest BCUT2D eigenvalue weighted by Gasteiger charge is -2.20. The third-order valence-electron chi connectivity index (χ3n) is 2.90. The molecule has 0 aliphatic carbocycles. The molecule has 20 heavy (non-hydrogen) atoms. The zero-order valence-corrected chi connectivity index (χ0v) is 11.4. The molecule has 0 spiro atoms. The molecule has 0 aliphatic rings. The smallest absolute Gasteiger partial charge is 0.194 e. The van der Waals surface area contributed by atoms with Gasteiger partial charge in [0, 0.05) is 18.0 Å². The molecule has 1 aromatic carbocycles. The summed E-state index contributed by atoms with van der Waals surface area (Å²) in [5.74, 6) is -3.93. The van der Waals surface area contributed by atoms with E-state index in [0.29, 0.717) is 17.1 Å². The van der Waals surface area contributed by atoms with Crippen LogP contribution in [0, 0.1) is 17.5 Å². The highest BCUT2D eigenvalue weighted by atomic mass is 35.5. The van der Waals surface area contributed by atoms with Gasteiger partial charge in [-0.05, 0) is 24.2 Å². The predicted molar refractivity (Wildman–Crippen MR) is 71.1 cm³/mol. The van der Waals surface area contributed by atoms with Crippen LogP contribution >= 0.6 is 11.6 Å². The maximum atomic E-state index is 13.9. The van der Waals surface area contributed by atoms with Gasteiger partial charge in [-0.25, -0.2) is 13.2 Å². The van der Waals surface area contributed by atoms with E-state index < -0.39 is 23.5 Å². The lowest BCUT2D eigenvalue weighted by molar-refractivity contribution is 0.433. The fraction of sp³-hybridized carbons (Fsp3) is 0.214. The topological polar surface area (TPSA) is 24.9 Å². The summed E-state index contributed by atoms with van der Waals surface area (Å²) in [6, 6.07) is 3.03. The molecule has 1 N–H and O–H groups in total. The fourth-order valence-electron chi connectivity index (χ4n) is 1.98. The van der Waals surface area contributed by atoms with Crippen LogP contribution in [0.15, 0.2) is 30.6 Å². The summed E-state index contributed by atoms with van der Waals surface area (Å²) < 4.78 is 40.3. The number of hydrogen-bond acceptors (Lipinski definition) is 2. The minimum Gasteiger partial charge on any atom is -0.306 e. The second kappa shape index (κ2) is 6.24. The first-order valence-electron chi connectivity index (χ1n) is 6.02. The molecule has 106 valence electrons. The number of hydrogen-bond donors (Lipinski definition) is 1. The number of rotatable bonds is 4. The molecule has 2 nitrogen and oxygen atoms in total. The standard InChI is InChI=1S/C14H12ClF3N2/c1-2-20-14(8-5-6-19-7-10(8)15)9-3-4-11(16)13(18)12(9)17/h3-7,14,20H,2H2,1H3. The van der Waals surface area contributed by atoms with Crippen molar-refractivity contribution < 1.29 is 13.2 Å². The molecule has 1 unspecified atom stereocenters. The Bertz CT molecular complexity index is 619. The van der Waals surface area contributed by atoms with E-state index in [4.69, 9.17) is 11.6 Å². The lowest BCUT2D eigenvalue weighted by atomic mass is 9.98. The lowest BCUT2D eigenvalue weighted by Crippen LogP contribution is -2.24. The summed E-state index contributed by atoms with van der Waals surface area (Å²) in [4.78, 5) is 3.85. The van der Waals surface area contributed by atoms with E-state index in [1.54, 1.807) is 6.07 Å². The summed E-state index contributed by atoms with van der Waals surface area (Å²) in [5, 5.41) is 3.32. The van der Waals surface area contributed by atoms with Gasteiger partial charge >= 0.3 is 0 Å². The highest BCUT2D eigenvalue weighted by Gasteiger charge is 2.23. The first kappa shape index (κ1) is 14.8. The van der Waals surface area contributed by atoms with Gasteiger partial charge < -0.3 is 5.32 Å². The van der Waals surface area contributed by atoms with Gasteiger partial charge in [-0.15, -0.1) is 0 Å². The zero-order valence-electron chi connectivity index (χ0n) is 10.6. The van der Waals surface area contributed by atoms with Crippen molar-refractivity contribution in [2.24, 2.45) is 0 Å².